The van der Waals surface area contributed by atoms with E-state index < -0.39 is 0 Å². The van der Waals surface area contributed by atoms with E-state index in [9.17, 15) is 0 Å². The van der Waals surface area contributed by atoms with E-state index in [0.717, 1.165) is 16.9 Å². The van der Waals surface area contributed by atoms with E-state index in [2.05, 4.69) is 43.3 Å². The summed E-state index contributed by atoms with van der Waals surface area (Å²) >= 11 is 0. The average Bonchev–Trinajstić information content (AvgIpc) is 2.16. The molecule has 0 unspecified atom stereocenters. The standard InChI is InChI=1S/C12H22N4/c1-8(2)15-11-6-14-7-12(10(11)5-13)16-9(3)4/h6-9,15-16H,5,13H2,1-4H3. The van der Waals surface area contributed by atoms with Gasteiger partial charge < -0.3 is 16.4 Å². The molecule has 0 aromatic carbocycles. The van der Waals surface area contributed by atoms with Crippen LogP contribution in [0.2, 0.25) is 0 Å². The summed E-state index contributed by atoms with van der Waals surface area (Å²) < 4.78 is 0. The topological polar surface area (TPSA) is 63.0 Å². The van der Waals surface area contributed by atoms with Gasteiger partial charge in [0.05, 0.1) is 23.8 Å². The van der Waals surface area contributed by atoms with E-state index in [0.29, 0.717) is 18.6 Å². The Morgan fingerprint density at radius 1 is 1.06 bits per heavy atom. The van der Waals surface area contributed by atoms with Crippen molar-refractivity contribution < 1.29 is 0 Å². The smallest absolute Gasteiger partial charge is 0.0595 e. The molecule has 4 nitrogen and oxygen atoms in total. The molecule has 0 radical (unpaired) electrons. The van der Waals surface area contributed by atoms with Gasteiger partial charge in [-0.25, -0.2) is 0 Å². The largest absolute Gasteiger partial charge is 0.381 e. The minimum Gasteiger partial charge on any atom is -0.381 e. The van der Waals surface area contributed by atoms with Crippen molar-refractivity contribution in [2.75, 3.05) is 10.6 Å². The van der Waals surface area contributed by atoms with E-state index >= 15 is 0 Å². The van der Waals surface area contributed by atoms with E-state index in [1.807, 2.05) is 12.4 Å². The number of hydrogen-bond acceptors (Lipinski definition) is 4. The van der Waals surface area contributed by atoms with Crippen molar-refractivity contribution in [1.82, 2.24) is 4.98 Å². The quantitative estimate of drug-likeness (QED) is 0.714. The molecular formula is C12H22N4. The lowest BCUT2D eigenvalue weighted by atomic mass is 10.1. The molecule has 0 aliphatic heterocycles. The van der Waals surface area contributed by atoms with Crippen molar-refractivity contribution >= 4 is 11.4 Å². The van der Waals surface area contributed by atoms with E-state index in [1.165, 1.54) is 0 Å². The Morgan fingerprint density at radius 2 is 1.50 bits per heavy atom. The number of anilines is 2. The molecule has 0 saturated heterocycles. The molecular weight excluding hydrogens is 200 g/mol. The fraction of sp³-hybridized carbons (Fsp3) is 0.583. The molecule has 1 aromatic rings. The first kappa shape index (κ1) is 12.8. The number of pyridine rings is 1. The third kappa shape index (κ3) is 3.38. The van der Waals surface area contributed by atoms with Crippen LogP contribution in [0.5, 0.6) is 0 Å². The fourth-order valence-electron chi connectivity index (χ4n) is 1.58. The summed E-state index contributed by atoms with van der Waals surface area (Å²) in [5.41, 5.74) is 8.92. The highest BCUT2D eigenvalue weighted by Crippen LogP contribution is 2.23. The molecule has 16 heavy (non-hydrogen) atoms. The van der Waals surface area contributed by atoms with Crippen LogP contribution in [-0.2, 0) is 6.54 Å². The first-order valence-corrected chi connectivity index (χ1v) is 5.74. The highest BCUT2D eigenvalue weighted by molar-refractivity contribution is 5.64. The summed E-state index contributed by atoms with van der Waals surface area (Å²) in [5.74, 6) is 0. The third-order valence-corrected chi connectivity index (χ3v) is 2.15. The average molecular weight is 222 g/mol. The SMILES string of the molecule is CC(C)Nc1cncc(NC(C)C)c1CN. The lowest BCUT2D eigenvalue weighted by Crippen LogP contribution is -2.17. The van der Waals surface area contributed by atoms with E-state index in [1.54, 1.807) is 0 Å². The second-order valence-corrected chi connectivity index (χ2v) is 4.52. The molecule has 0 amide bonds. The molecule has 1 heterocycles. The zero-order valence-corrected chi connectivity index (χ0v) is 10.5. The molecule has 4 N–H and O–H groups in total. The normalized spacial score (nSPS) is 10.9. The first-order chi connectivity index (χ1) is 7.54. The zero-order chi connectivity index (χ0) is 12.1. The van der Waals surface area contributed by atoms with Gasteiger partial charge in [-0.3, -0.25) is 4.98 Å². The molecule has 0 aliphatic rings. The second-order valence-electron chi connectivity index (χ2n) is 4.52. The number of rotatable bonds is 5. The lowest BCUT2D eigenvalue weighted by Gasteiger charge is -2.18. The van der Waals surface area contributed by atoms with Crippen LogP contribution in [0.25, 0.3) is 0 Å². The highest BCUT2D eigenvalue weighted by Gasteiger charge is 2.09. The van der Waals surface area contributed by atoms with Crippen LogP contribution in [0.4, 0.5) is 11.4 Å². The van der Waals surface area contributed by atoms with Crippen molar-refractivity contribution in [3.05, 3.63) is 18.0 Å². The molecule has 4 heteroatoms. The molecule has 0 atom stereocenters. The van der Waals surface area contributed by atoms with Gasteiger partial charge >= 0.3 is 0 Å². The minimum absolute atomic E-state index is 0.376. The third-order valence-electron chi connectivity index (χ3n) is 2.15. The van der Waals surface area contributed by atoms with Crippen LogP contribution in [0.3, 0.4) is 0 Å². The Bertz CT molecular complexity index is 306. The van der Waals surface area contributed by atoms with Crippen LogP contribution in [0.15, 0.2) is 12.4 Å². The van der Waals surface area contributed by atoms with Crippen molar-refractivity contribution in [3.63, 3.8) is 0 Å². The number of nitrogens with zero attached hydrogens (tertiary/aromatic N) is 1. The molecule has 1 rings (SSSR count). The van der Waals surface area contributed by atoms with Crippen LogP contribution >= 0.6 is 0 Å². The van der Waals surface area contributed by atoms with Crippen molar-refractivity contribution in [2.45, 2.75) is 46.3 Å². The van der Waals surface area contributed by atoms with Crippen LogP contribution in [-0.4, -0.2) is 17.1 Å². The second kappa shape index (κ2) is 5.70. The Labute approximate surface area is 97.6 Å². The van der Waals surface area contributed by atoms with E-state index in [4.69, 9.17) is 5.73 Å². The van der Waals surface area contributed by atoms with Crippen molar-refractivity contribution in [1.29, 1.82) is 0 Å². The number of nitrogens with one attached hydrogen (secondary N) is 2. The van der Waals surface area contributed by atoms with Gasteiger partial charge in [0.25, 0.3) is 0 Å². The van der Waals surface area contributed by atoms with Gasteiger partial charge in [-0.05, 0) is 27.7 Å². The molecule has 1 aromatic heterocycles. The maximum Gasteiger partial charge on any atom is 0.0595 e. The van der Waals surface area contributed by atoms with Gasteiger partial charge in [-0.2, -0.15) is 0 Å². The van der Waals surface area contributed by atoms with Crippen LogP contribution < -0.4 is 16.4 Å². The maximum absolute atomic E-state index is 5.80. The summed E-state index contributed by atoms with van der Waals surface area (Å²) in [6, 6.07) is 0.753. The Morgan fingerprint density at radius 3 is 1.81 bits per heavy atom. The number of nitrogens with two attached hydrogens (primary N) is 1. The fourth-order valence-corrected chi connectivity index (χ4v) is 1.58. The Kier molecular flexibility index (Phi) is 4.55. The molecule has 0 saturated carbocycles. The minimum atomic E-state index is 0.376. The van der Waals surface area contributed by atoms with Gasteiger partial charge in [0, 0.05) is 24.2 Å². The molecule has 0 aliphatic carbocycles. The van der Waals surface area contributed by atoms with Gasteiger partial charge in [0.2, 0.25) is 0 Å². The lowest BCUT2D eigenvalue weighted by molar-refractivity contribution is 0.875. The Balaban J connectivity index is 3.00. The van der Waals surface area contributed by atoms with Crippen molar-refractivity contribution in [2.24, 2.45) is 5.73 Å². The number of aromatic nitrogens is 1. The summed E-state index contributed by atoms with van der Waals surface area (Å²) in [7, 11) is 0. The van der Waals surface area contributed by atoms with Gasteiger partial charge in [-0.1, -0.05) is 0 Å². The van der Waals surface area contributed by atoms with E-state index in [-0.39, 0.29) is 0 Å². The molecule has 90 valence electrons. The highest BCUT2D eigenvalue weighted by atomic mass is 15.0. The molecule has 0 fully saturated rings. The molecule has 0 spiro atoms. The first-order valence-electron chi connectivity index (χ1n) is 5.74. The Hall–Kier alpha value is -1.29. The van der Waals surface area contributed by atoms with Crippen LogP contribution in [0, 0.1) is 0 Å². The number of hydrogen-bond donors (Lipinski definition) is 3. The maximum atomic E-state index is 5.80. The predicted molar refractivity (Wildman–Crippen MR) is 69.6 cm³/mol. The molecule has 0 bridgehead atoms. The van der Waals surface area contributed by atoms with Gasteiger partial charge in [0.1, 0.15) is 0 Å². The van der Waals surface area contributed by atoms with Crippen molar-refractivity contribution in [3.8, 4) is 0 Å². The summed E-state index contributed by atoms with van der Waals surface area (Å²) in [6.45, 7) is 8.91. The predicted octanol–water partition coefficient (Wildman–Crippen LogP) is 2.18. The summed E-state index contributed by atoms with van der Waals surface area (Å²) in [5, 5.41) is 6.71. The zero-order valence-electron chi connectivity index (χ0n) is 10.5. The summed E-state index contributed by atoms with van der Waals surface area (Å²) in [4.78, 5) is 4.22. The summed E-state index contributed by atoms with van der Waals surface area (Å²) in [6.07, 6.45) is 3.65. The van der Waals surface area contributed by atoms with Gasteiger partial charge in [-0.15, -0.1) is 0 Å². The van der Waals surface area contributed by atoms with Gasteiger partial charge in [0.15, 0.2) is 0 Å². The van der Waals surface area contributed by atoms with Crippen LogP contribution in [0.1, 0.15) is 33.3 Å². The monoisotopic (exact) mass is 222 g/mol.